The maximum absolute atomic E-state index is 10.2. The molecule has 1 unspecified atom stereocenters. The number of fused-ring (bicyclic) bond motifs is 14. The molecule has 0 N–H and O–H groups in total. The molecule has 2 heteroatoms. The molecule has 1 atom stereocenters. The smallest absolute Gasteiger partial charge is 0.0998 e. The molecule has 2 nitrogen and oxygen atoms in total. The van der Waals surface area contributed by atoms with E-state index >= 15 is 0 Å². The molecular weight excluding hydrogens is 653 g/mol. The second-order valence-corrected chi connectivity index (χ2v) is 14.6. The quantitative estimate of drug-likeness (QED) is 0.167. The predicted octanol–water partition coefficient (Wildman–Crippen LogP) is 13.0. The third-order valence-electron chi connectivity index (χ3n) is 12.2. The van der Waals surface area contributed by atoms with Crippen LogP contribution in [0.2, 0.25) is 0 Å². The van der Waals surface area contributed by atoms with Gasteiger partial charge in [-0.15, -0.1) is 0 Å². The van der Waals surface area contributed by atoms with Gasteiger partial charge in [-0.1, -0.05) is 158 Å². The first kappa shape index (κ1) is 29.4. The van der Waals surface area contributed by atoms with Gasteiger partial charge < -0.3 is 4.57 Å². The number of nitriles is 1. The molecule has 12 rings (SSSR count). The van der Waals surface area contributed by atoms with Crippen LogP contribution in [0, 0.1) is 11.3 Å². The SMILES string of the molecule is N#Cc1ccccc1-c1c2ccccc2c(-c2ccc3c(c2)C2(c4ccccc4-3)c3ccccc3-n3c4ccccc4c4cccc2c43)c2ccccc12. The zero-order valence-electron chi connectivity index (χ0n) is 29.2. The molecule has 0 saturated heterocycles. The lowest BCUT2D eigenvalue weighted by molar-refractivity contribution is 0.749. The monoisotopic (exact) mass is 682 g/mol. The van der Waals surface area contributed by atoms with Crippen molar-refractivity contribution in [2.45, 2.75) is 5.41 Å². The maximum Gasteiger partial charge on any atom is 0.0998 e. The van der Waals surface area contributed by atoms with E-state index in [0.717, 1.165) is 21.9 Å². The van der Waals surface area contributed by atoms with Crippen molar-refractivity contribution in [3.63, 3.8) is 0 Å². The first-order valence-corrected chi connectivity index (χ1v) is 18.6. The highest BCUT2D eigenvalue weighted by Gasteiger charge is 2.50. The molecule has 0 bridgehead atoms. The predicted molar refractivity (Wildman–Crippen MR) is 222 cm³/mol. The van der Waals surface area contributed by atoms with Crippen LogP contribution < -0.4 is 0 Å². The van der Waals surface area contributed by atoms with Crippen LogP contribution in [0.1, 0.15) is 27.8 Å². The molecule has 2 heterocycles. The summed E-state index contributed by atoms with van der Waals surface area (Å²) in [6.45, 7) is 0. The Morgan fingerprint density at radius 2 is 0.963 bits per heavy atom. The van der Waals surface area contributed by atoms with Crippen molar-refractivity contribution in [3.05, 3.63) is 210 Å². The Labute approximate surface area is 312 Å². The topological polar surface area (TPSA) is 28.7 Å². The van der Waals surface area contributed by atoms with Crippen LogP contribution in [0.3, 0.4) is 0 Å². The summed E-state index contributed by atoms with van der Waals surface area (Å²) >= 11 is 0. The van der Waals surface area contributed by atoms with E-state index in [1.807, 2.05) is 18.2 Å². The molecule has 9 aromatic carbocycles. The van der Waals surface area contributed by atoms with E-state index in [2.05, 4.69) is 174 Å². The van der Waals surface area contributed by atoms with Crippen LogP contribution in [0.5, 0.6) is 0 Å². The normalized spacial score (nSPS) is 15.1. The molecule has 0 fully saturated rings. The van der Waals surface area contributed by atoms with Crippen molar-refractivity contribution in [1.82, 2.24) is 4.57 Å². The number of para-hydroxylation sites is 3. The molecule has 248 valence electrons. The van der Waals surface area contributed by atoms with Crippen LogP contribution in [-0.4, -0.2) is 4.57 Å². The van der Waals surface area contributed by atoms with Crippen LogP contribution in [0.4, 0.5) is 0 Å². The summed E-state index contributed by atoms with van der Waals surface area (Å²) in [6, 6.07) is 69.0. The summed E-state index contributed by atoms with van der Waals surface area (Å²) in [7, 11) is 0. The fourth-order valence-corrected chi connectivity index (χ4v) is 10.2. The fraction of sp³-hybridized carbons (Fsp3) is 0.0192. The summed E-state index contributed by atoms with van der Waals surface area (Å²) < 4.78 is 2.50. The van der Waals surface area contributed by atoms with E-state index in [4.69, 9.17) is 0 Å². The Balaban J connectivity index is 1.23. The second-order valence-electron chi connectivity index (χ2n) is 14.6. The molecule has 0 radical (unpaired) electrons. The highest BCUT2D eigenvalue weighted by molar-refractivity contribution is 6.22. The highest BCUT2D eigenvalue weighted by atomic mass is 15.0. The summed E-state index contributed by atoms with van der Waals surface area (Å²) in [6.07, 6.45) is 0. The third-order valence-corrected chi connectivity index (χ3v) is 12.2. The Hall–Kier alpha value is -7.21. The van der Waals surface area contributed by atoms with Gasteiger partial charge in [0.15, 0.2) is 0 Å². The Bertz CT molecular complexity index is 3240. The third kappa shape index (κ3) is 3.54. The van der Waals surface area contributed by atoms with Crippen LogP contribution in [0.15, 0.2) is 182 Å². The van der Waals surface area contributed by atoms with E-state index in [1.54, 1.807) is 0 Å². The lowest BCUT2D eigenvalue weighted by atomic mass is 9.65. The van der Waals surface area contributed by atoms with Gasteiger partial charge in [-0.3, -0.25) is 0 Å². The van der Waals surface area contributed by atoms with Crippen molar-refractivity contribution in [2.75, 3.05) is 0 Å². The average molecular weight is 683 g/mol. The van der Waals surface area contributed by atoms with Gasteiger partial charge >= 0.3 is 0 Å². The van der Waals surface area contributed by atoms with Crippen molar-refractivity contribution in [1.29, 1.82) is 5.26 Å². The minimum atomic E-state index is -0.528. The summed E-state index contributed by atoms with van der Waals surface area (Å²) in [5.41, 5.74) is 16.2. The van der Waals surface area contributed by atoms with E-state index < -0.39 is 5.41 Å². The molecule has 1 aliphatic heterocycles. The van der Waals surface area contributed by atoms with Gasteiger partial charge in [0.2, 0.25) is 0 Å². The number of nitrogens with zero attached hydrogens (tertiary/aromatic N) is 2. The molecule has 2 aliphatic rings. The largest absolute Gasteiger partial charge is 0.309 e. The van der Waals surface area contributed by atoms with Crippen molar-refractivity contribution in [3.8, 4) is 45.1 Å². The van der Waals surface area contributed by atoms with Crippen molar-refractivity contribution < 1.29 is 0 Å². The average Bonchev–Trinajstić information content (AvgIpc) is 3.73. The van der Waals surface area contributed by atoms with Crippen LogP contribution in [0.25, 0.3) is 82.4 Å². The lowest BCUT2D eigenvalue weighted by Gasteiger charge is -2.39. The van der Waals surface area contributed by atoms with E-state index in [1.165, 1.54) is 82.8 Å². The number of hydrogen-bond acceptors (Lipinski definition) is 1. The van der Waals surface area contributed by atoms with Gasteiger partial charge in [0.1, 0.15) is 0 Å². The number of aromatic nitrogens is 1. The zero-order valence-corrected chi connectivity index (χ0v) is 29.2. The number of rotatable bonds is 2. The Morgan fingerprint density at radius 1 is 0.407 bits per heavy atom. The van der Waals surface area contributed by atoms with E-state index in [-0.39, 0.29) is 0 Å². The first-order valence-electron chi connectivity index (χ1n) is 18.6. The summed E-state index contributed by atoms with van der Waals surface area (Å²) in [5, 5.41) is 17.4. The second kappa shape index (κ2) is 10.7. The van der Waals surface area contributed by atoms with Crippen molar-refractivity contribution in [2.24, 2.45) is 0 Å². The Kier molecular flexibility index (Phi) is 5.80. The van der Waals surface area contributed by atoms with Crippen LogP contribution in [-0.2, 0) is 5.41 Å². The molecule has 0 saturated carbocycles. The molecule has 10 aromatic rings. The first-order chi connectivity index (χ1) is 26.8. The molecular formula is C52H30N2. The lowest BCUT2D eigenvalue weighted by Crippen LogP contribution is -2.33. The van der Waals surface area contributed by atoms with Gasteiger partial charge in [-0.05, 0) is 95.9 Å². The molecule has 1 aliphatic carbocycles. The molecule has 54 heavy (non-hydrogen) atoms. The van der Waals surface area contributed by atoms with Gasteiger partial charge in [-0.25, -0.2) is 0 Å². The van der Waals surface area contributed by atoms with E-state index in [9.17, 15) is 5.26 Å². The zero-order chi connectivity index (χ0) is 35.5. The molecule has 1 spiro atoms. The molecule has 0 amide bonds. The minimum absolute atomic E-state index is 0.528. The Morgan fingerprint density at radius 3 is 1.72 bits per heavy atom. The highest BCUT2D eigenvalue weighted by Crippen LogP contribution is 2.61. The summed E-state index contributed by atoms with van der Waals surface area (Å²) in [4.78, 5) is 0. The van der Waals surface area contributed by atoms with E-state index in [0.29, 0.717) is 5.56 Å². The summed E-state index contributed by atoms with van der Waals surface area (Å²) in [5.74, 6) is 0. The van der Waals surface area contributed by atoms with Gasteiger partial charge in [0, 0.05) is 16.3 Å². The minimum Gasteiger partial charge on any atom is -0.309 e. The standard InChI is InChI=1S/C52H30N2/c53-31-33-14-1-2-15-34(33)50-40-20-5-3-18-38(40)49(39-19-4-6-21-41(39)50)32-28-29-36-35-16-7-9-23-43(35)52(46(36)30-32)44-24-10-12-27-48(44)54-47-26-11-8-17-37(47)42-22-13-25-45(52)51(42)54/h1-30H. The van der Waals surface area contributed by atoms with Gasteiger partial charge in [-0.2, -0.15) is 5.26 Å². The molecule has 1 aromatic heterocycles. The van der Waals surface area contributed by atoms with Crippen LogP contribution >= 0.6 is 0 Å². The number of hydrogen-bond donors (Lipinski definition) is 0. The maximum atomic E-state index is 10.2. The fourth-order valence-electron chi connectivity index (χ4n) is 10.2. The van der Waals surface area contributed by atoms with Gasteiger partial charge in [0.25, 0.3) is 0 Å². The van der Waals surface area contributed by atoms with Gasteiger partial charge in [0.05, 0.1) is 33.8 Å². The number of benzene rings is 9. The van der Waals surface area contributed by atoms with Crippen molar-refractivity contribution >= 4 is 43.4 Å².